The highest BCUT2D eigenvalue weighted by Gasteiger charge is 2.21. The van der Waals surface area contributed by atoms with Gasteiger partial charge < -0.3 is 10.6 Å². The molecule has 0 bridgehead atoms. The Morgan fingerprint density at radius 2 is 1.85 bits per heavy atom. The van der Waals surface area contributed by atoms with Gasteiger partial charge in [-0.25, -0.2) is 0 Å². The molecule has 1 heterocycles. The van der Waals surface area contributed by atoms with Crippen LogP contribution in [0.25, 0.3) is 0 Å². The van der Waals surface area contributed by atoms with Crippen molar-refractivity contribution in [2.45, 2.75) is 27.3 Å². The van der Waals surface area contributed by atoms with E-state index in [0.717, 1.165) is 5.56 Å². The molecule has 0 aliphatic heterocycles. The molecule has 0 fully saturated rings. The highest BCUT2D eigenvalue weighted by molar-refractivity contribution is 5.96. The molecule has 0 atom stereocenters. The lowest BCUT2D eigenvalue weighted by Gasteiger charge is -2.07. The Balaban J connectivity index is 2.04. The number of amides is 2. The van der Waals surface area contributed by atoms with Gasteiger partial charge in [-0.2, -0.15) is 5.10 Å². The molecule has 138 valence electrons. The topological polar surface area (TPSA) is 119 Å². The van der Waals surface area contributed by atoms with Crippen molar-refractivity contribution >= 4 is 17.5 Å². The molecule has 0 unspecified atom stereocenters. The number of nitrogens with zero attached hydrogens (tertiary/aromatic N) is 3. The predicted octanol–water partition coefficient (Wildman–Crippen LogP) is 1.32. The van der Waals surface area contributed by atoms with Crippen LogP contribution in [0.4, 0.5) is 5.69 Å². The summed E-state index contributed by atoms with van der Waals surface area (Å²) in [5, 5.41) is 20.4. The zero-order valence-corrected chi connectivity index (χ0v) is 14.9. The Labute approximate surface area is 150 Å². The number of rotatable bonds is 7. The Bertz CT molecular complexity index is 826. The maximum atomic E-state index is 12.0. The van der Waals surface area contributed by atoms with Crippen LogP contribution >= 0.6 is 0 Å². The first-order valence-corrected chi connectivity index (χ1v) is 8.15. The minimum absolute atomic E-state index is 0.0198. The summed E-state index contributed by atoms with van der Waals surface area (Å²) >= 11 is 0. The van der Waals surface area contributed by atoms with E-state index < -0.39 is 4.92 Å². The fraction of sp³-hybridized carbons (Fsp3) is 0.353. The van der Waals surface area contributed by atoms with E-state index in [1.54, 1.807) is 49.7 Å². The van der Waals surface area contributed by atoms with Crippen molar-refractivity contribution in [2.24, 2.45) is 0 Å². The number of hydrogen-bond donors (Lipinski definition) is 2. The third-order valence-electron chi connectivity index (χ3n) is 3.86. The van der Waals surface area contributed by atoms with E-state index >= 15 is 0 Å². The molecular formula is C17H21N5O4. The molecule has 0 aliphatic carbocycles. The average Bonchev–Trinajstić information content (AvgIpc) is 2.87. The van der Waals surface area contributed by atoms with Gasteiger partial charge in [0.1, 0.15) is 11.4 Å². The lowest BCUT2D eigenvalue weighted by Crippen LogP contribution is -2.36. The molecule has 1 aromatic heterocycles. The summed E-state index contributed by atoms with van der Waals surface area (Å²) in [6.45, 7) is 5.85. The molecular weight excluding hydrogens is 338 g/mol. The van der Waals surface area contributed by atoms with E-state index in [1.165, 1.54) is 0 Å². The second-order valence-corrected chi connectivity index (χ2v) is 5.77. The van der Waals surface area contributed by atoms with E-state index in [2.05, 4.69) is 15.7 Å². The molecule has 0 radical (unpaired) electrons. The Morgan fingerprint density at radius 3 is 2.38 bits per heavy atom. The lowest BCUT2D eigenvalue weighted by atomic mass is 10.1. The molecule has 1 aromatic carbocycles. The molecule has 2 aromatic rings. The lowest BCUT2D eigenvalue weighted by molar-refractivity contribution is -0.386. The number of nitro groups is 1. The van der Waals surface area contributed by atoms with Crippen molar-refractivity contribution in [3.63, 3.8) is 0 Å². The fourth-order valence-corrected chi connectivity index (χ4v) is 2.56. The van der Waals surface area contributed by atoms with Gasteiger partial charge in [0.2, 0.25) is 5.91 Å². The standard InChI is InChI=1S/C17H21N5O4/c1-4-18-15(23)9-19-17(24)14-7-5-13(6-8-14)10-21-12(3)16(22(25)26)11(2)20-21/h5-8H,4,9-10H2,1-3H3,(H,18,23)(H,19,24). The molecule has 2 rings (SSSR count). The minimum Gasteiger partial charge on any atom is -0.355 e. The average molecular weight is 359 g/mol. The van der Waals surface area contributed by atoms with Crippen LogP contribution in [-0.4, -0.2) is 39.6 Å². The fourth-order valence-electron chi connectivity index (χ4n) is 2.56. The highest BCUT2D eigenvalue weighted by atomic mass is 16.6. The first kappa shape index (κ1) is 19.1. The van der Waals surface area contributed by atoms with Gasteiger partial charge >= 0.3 is 5.69 Å². The summed E-state index contributed by atoms with van der Waals surface area (Å²) in [6, 6.07) is 6.79. The van der Waals surface area contributed by atoms with Gasteiger partial charge in [0.05, 0.1) is 18.0 Å². The van der Waals surface area contributed by atoms with Gasteiger partial charge in [0.15, 0.2) is 0 Å². The summed E-state index contributed by atoms with van der Waals surface area (Å²) in [5.74, 6) is -0.590. The first-order chi connectivity index (χ1) is 12.3. The molecule has 9 nitrogen and oxygen atoms in total. The quantitative estimate of drug-likeness (QED) is 0.571. The second kappa shape index (κ2) is 8.24. The van der Waals surface area contributed by atoms with Crippen molar-refractivity contribution in [2.75, 3.05) is 13.1 Å². The number of aromatic nitrogens is 2. The zero-order chi connectivity index (χ0) is 19.3. The summed E-state index contributed by atoms with van der Waals surface area (Å²) in [7, 11) is 0. The van der Waals surface area contributed by atoms with Crippen LogP contribution in [0.5, 0.6) is 0 Å². The van der Waals surface area contributed by atoms with Crippen molar-refractivity contribution in [1.29, 1.82) is 0 Å². The van der Waals surface area contributed by atoms with Crippen molar-refractivity contribution in [3.8, 4) is 0 Å². The van der Waals surface area contributed by atoms with Crippen LogP contribution in [0.15, 0.2) is 24.3 Å². The maximum Gasteiger partial charge on any atom is 0.312 e. The highest BCUT2D eigenvalue weighted by Crippen LogP contribution is 2.22. The Morgan fingerprint density at radius 1 is 1.19 bits per heavy atom. The van der Waals surface area contributed by atoms with Gasteiger partial charge in [0.25, 0.3) is 5.91 Å². The largest absolute Gasteiger partial charge is 0.355 e. The number of benzene rings is 1. The molecule has 0 saturated heterocycles. The van der Waals surface area contributed by atoms with E-state index in [9.17, 15) is 19.7 Å². The molecule has 0 aliphatic rings. The monoisotopic (exact) mass is 359 g/mol. The van der Waals surface area contributed by atoms with Crippen LogP contribution in [-0.2, 0) is 11.3 Å². The maximum absolute atomic E-state index is 12.0. The van der Waals surface area contributed by atoms with E-state index in [4.69, 9.17) is 0 Å². The number of hydrogen-bond acceptors (Lipinski definition) is 5. The summed E-state index contributed by atoms with van der Waals surface area (Å²) in [5.41, 5.74) is 2.15. The second-order valence-electron chi connectivity index (χ2n) is 5.77. The third kappa shape index (κ3) is 4.44. The minimum atomic E-state index is -0.434. The van der Waals surface area contributed by atoms with Gasteiger partial charge in [-0.1, -0.05) is 12.1 Å². The van der Waals surface area contributed by atoms with Gasteiger partial charge in [-0.15, -0.1) is 0 Å². The van der Waals surface area contributed by atoms with Crippen LogP contribution < -0.4 is 10.6 Å². The predicted molar refractivity (Wildman–Crippen MR) is 94.9 cm³/mol. The molecule has 0 saturated carbocycles. The summed E-state index contributed by atoms with van der Waals surface area (Å²) in [4.78, 5) is 34.0. The number of aryl methyl sites for hydroxylation is 1. The van der Waals surface area contributed by atoms with Crippen LogP contribution in [0, 0.1) is 24.0 Å². The van der Waals surface area contributed by atoms with E-state index in [0.29, 0.717) is 30.0 Å². The Hall–Kier alpha value is -3.23. The van der Waals surface area contributed by atoms with Crippen molar-refractivity contribution < 1.29 is 14.5 Å². The van der Waals surface area contributed by atoms with E-state index in [1.807, 2.05) is 0 Å². The number of nitrogens with one attached hydrogen (secondary N) is 2. The Kier molecular flexibility index (Phi) is 6.05. The summed E-state index contributed by atoms with van der Waals surface area (Å²) in [6.07, 6.45) is 0. The molecule has 2 amide bonds. The van der Waals surface area contributed by atoms with E-state index in [-0.39, 0.29) is 24.0 Å². The number of carbonyl (C=O) groups is 2. The summed E-state index contributed by atoms with van der Waals surface area (Å²) < 4.78 is 1.57. The number of likely N-dealkylation sites (N-methyl/N-ethyl adjacent to an activating group) is 1. The number of carbonyl (C=O) groups excluding carboxylic acids is 2. The first-order valence-electron chi connectivity index (χ1n) is 8.15. The van der Waals surface area contributed by atoms with Crippen LogP contribution in [0.3, 0.4) is 0 Å². The SMILES string of the molecule is CCNC(=O)CNC(=O)c1ccc(Cn2nc(C)c([N+](=O)[O-])c2C)cc1. The van der Waals surface area contributed by atoms with Crippen molar-refractivity contribution in [1.82, 2.24) is 20.4 Å². The van der Waals surface area contributed by atoms with Gasteiger partial charge in [-0.05, 0) is 38.5 Å². The molecule has 26 heavy (non-hydrogen) atoms. The van der Waals surface area contributed by atoms with Crippen molar-refractivity contribution in [3.05, 3.63) is 56.9 Å². The van der Waals surface area contributed by atoms with Gasteiger partial charge in [0, 0.05) is 12.1 Å². The normalized spacial score (nSPS) is 10.4. The smallest absolute Gasteiger partial charge is 0.312 e. The van der Waals surface area contributed by atoms with Crippen LogP contribution in [0.2, 0.25) is 0 Å². The molecule has 0 spiro atoms. The van der Waals surface area contributed by atoms with Gasteiger partial charge in [-0.3, -0.25) is 24.4 Å². The molecule has 2 N–H and O–H groups in total. The third-order valence-corrected chi connectivity index (χ3v) is 3.86. The zero-order valence-electron chi connectivity index (χ0n) is 14.9. The molecule has 9 heteroatoms. The van der Waals surface area contributed by atoms with Crippen LogP contribution in [0.1, 0.15) is 34.2 Å².